The Balaban J connectivity index is 2.16. The second-order valence-electron chi connectivity index (χ2n) is 4.11. The highest BCUT2D eigenvalue weighted by Crippen LogP contribution is 2.18. The summed E-state index contributed by atoms with van der Waals surface area (Å²) in [6, 6.07) is 9.22. The van der Waals surface area contributed by atoms with Gasteiger partial charge in [0.05, 0.1) is 11.9 Å². The monoisotopic (exact) mass is 304 g/mol. The fraction of sp³-hybridized carbons (Fsp3) is 0.143. The van der Waals surface area contributed by atoms with Gasteiger partial charge < -0.3 is 5.32 Å². The number of hydrogen-bond donors (Lipinski definition) is 1. The Bertz CT molecular complexity index is 579. The molecule has 92 valence electrons. The third-order valence-corrected chi connectivity index (χ3v) is 3.46. The third-order valence-electron chi connectivity index (χ3n) is 2.60. The number of carbonyl (C=O) groups excluding carboxylic acids is 1. The van der Waals surface area contributed by atoms with Gasteiger partial charge in [-0.15, -0.1) is 0 Å². The van der Waals surface area contributed by atoms with Gasteiger partial charge in [0.15, 0.2) is 0 Å². The second-order valence-corrected chi connectivity index (χ2v) is 4.96. The van der Waals surface area contributed by atoms with Gasteiger partial charge in [-0.05, 0) is 43.7 Å². The molecule has 0 saturated carbocycles. The van der Waals surface area contributed by atoms with Crippen molar-refractivity contribution >= 4 is 27.5 Å². The van der Waals surface area contributed by atoms with E-state index in [4.69, 9.17) is 0 Å². The maximum absolute atomic E-state index is 12.0. The summed E-state index contributed by atoms with van der Waals surface area (Å²) in [7, 11) is 0. The summed E-state index contributed by atoms with van der Waals surface area (Å²) in [5, 5.41) is 2.81. The van der Waals surface area contributed by atoms with Gasteiger partial charge in [0.25, 0.3) is 5.91 Å². The van der Waals surface area contributed by atoms with E-state index in [1.54, 1.807) is 12.3 Å². The van der Waals surface area contributed by atoms with Crippen molar-refractivity contribution in [3.05, 3.63) is 57.8 Å². The quantitative estimate of drug-likeness (QED) is 0.919. The maximum Gasteiger partial charge on any atom is 0.255 e. The summed E-state index contributed by atoms with van der Waals surface area (Å²) in [4.78, 5) is 16.1. The van der Waals surface area contributed by atoms with E-state index in [2.05, 4.69) is 26.2 Å². The number of benzene rings is 1. The van der Waals surface area contributed by atoms with Gasteiger partial charge in [-0.3, -0.25) is 9.78 Å². The molecular weight excluding hydrogens is 292 g/mol. The summed E-state index contributed by atoms with van der Waals surface area (Å²) < 4.78 is 0.928. The molecular formula is C14H13BrN2O. The minimum Gasteiger partial charge on any atom is -0.321 e. The van der Waals surface area contributed by atoms with Crippen LogP contribution < -0.4 is 5.32 Å². The summed E-state index contributed by atoms with van der Waals surface area (Å²) in [6.07, 6.45) is 1.65. The number of nitrogens with zero attached hydrogens (tertiary/aromatic N) is 1. The molecule has 1 aromatic carbocycles. The molecule has 1 heterocycles. The molecule has 1 N–H and O–H groups in total. The molecule has 0 saturated heterocycles. The predicted molar refractivity (Wildman–Crippen MR) is 75.8 cm³/mol. The lowest BCUT2D eigenvalue weighted by molar-refractivity contribution is 0.102. The van der Waals surface area contributed by atoms with Crippen LogP contribution in [0.4, 0.5) is 5.69 Å². The van der Waals surface area contributed by atoms with Gasteiger partial charge in [0.2, 0.25) is 0 Å². The van der Waals surface area contributed by atoms with Crippen molar-refractivity contribution in [2.75, 3.05) is 5.32 Å². The topological polar surface area (TPSA) is 42.0 Å². The summed E-state index contributed by atoms with van der Waals surface area (Å²) in [5.74, 6) is -0.138. The number of aromatic nitrogens is 1. The third kappa shape index (κ3) is 2.96. The average molecular weight is 305 g/mol. The Morgan fingerprint density at radius 2 is 2.00 bits per heavy atom. The van der Waals surface area contributed by atoms with Crippen LogP contribution in [0.25, 0.3) is 0 Å². The molecule has 1 amide bonds. The number of amides is 1. The van der Waals surface area contributed by atoms with Crippen molar-refractivity contribution in [2.45, 2.75) is 13.8 Å². The molecule has 0 fully saturated rings. The van der Waals surface area contributed by atoms with Crippen molar-refractivity contribution in [1.82, 2.24) is 4.98 Å². The first-order valence-corrected chi connectivity index (χ1v) is 6.36. The molecule has 0 atom stereocenters. The van der Waals surface area contributed by atoms with Crippen LogP contribution in [0.15, 0.2) is 41.0 Å². The molecule has 0 aliphatic carbocycles. The molecule has 3 nitrogen and oxygen atoms in total. The Morgan fingerprint density at radius 3 is 2.61 bits per heavy atom. The fourth-order valence-corrected chi connectivity index (χ4v) is 1.86. The molecule has 18 heavy (non-hydrogen) atoms. The number of nitrogens with one attached hydrogen (secondary N) is 1. The molecule has 0 radical (unpaired) electrons. The first-order chi connectivity index (χ1) is 8.56. The predicted octanol–water partition coefficient (Wildman–Crippen LogP) is 3.71. The van der Waals surface area contributed by atoms with Crippen LogP contribution in [-0.2, 0) is 0 Å². The molecule has 2 aromatic rings. The highest BCUT2D eigenvalue weighted by atomic mass is 79.9. The summed E-state index contributed by atoms with van der Waals surface area (Å²) in [5.41, 5.74) is 3.34. The van der Waals surface area contributed by atoms with E-state index in [0.29, 0.717) is 11.3 Å². The number of aryl methyl sites for hydroxylation is 2. The number of pyridine rings is 1. The van der Waals surface area contributed by atoms with Gasteiger partial charge in [-0.1, -0.05) is 22.0 Å². The van der Waals surface area contributed by atoms with E-state index in [9.17, 15) is 4.79 Å². The molecule has 0 aliphatic heterocycles. The van der Waals surface area contributed by atoms with Crippen molar-refractivity contribution in [2.24, 2.45) is 0 Å². The standard InChI is InChI=1S/C14H13BrN2O/c1-9-3-5-11(7-13(9)15)14(18)17-12-6-4-10(2)16-8-12/h3-8H,1-2H3,(H,17,18). The van der Waals surface area contributed by atoms with Crippen LogP contribution in [-0.4, -0.2) is 10.9 Å². The molecule has 1 aromatic heterocycles. The van der Waals surface area contributed by atoms with Crippen molar-refractivity contribution < 1.29 is 4.79 Å². The van der Waals surface area contributed by atoms with E-state index in [1.807, 2.05) is 38.1 Å². The smallest absolute Gasteiger partial charge is 0.255 e. The van der Waals surface area contributed by atoms with Gasteiger partial charge in [-0.2, -0.15) is 0 Å². The zero-order valence-corrected chi connectivity index (χ0v) is 11.8. The number of carbonyl (C=O) groups is 1. The molecule has 0 aliphatic rings. The van der Waals surface area contributed by atoms with Gasteiger partial charge >= 0.3 is 0 Å². The molecule has 0 unspecified atom stereocenters. The highest BCUT2D eigenvalue weighted by Gasteiger charge is 2.07. The summed E-state index contributed by atoms with van der Waals surface area (Å²) >= 11 is 3.42. The van der Waals surface area contributed by atoms with Crippen LogP contribution >= 0.6 is 15.9 Å². The highest BCUT2D eigenvalue weighted by molar-refractivity contribution is 9.10. The minimum atomic E-state index is -0.138. The number of hydrogen-bond acceptors (Lipinski definition) is 2. The number of halogens is 1. The van der Waals surface area contributed by atoms with Gasteiger partial charge in [0, 0.05) is 15.7 Å². The van der Waals surface area contributed by atoms with Crippen LogP contribution in [0, 0.1) is 13.8 Å². The second kappa shape index (κ2) is 5.31. The lowest BCUT2D eigenvalue weighted by atomic mass is 10.1. The van der Waals surface area contributed by atoms with Crippen LogP contribution in [0.5, 0.6) is 0 Å². The Kier molecular flexibility index (Phi) is 3.77. The normalized spacial score (nSPS) is 10.2. The van der Waals surface area contributed by atoms with Crippen molar-refractivity contribution in [1.29, 1.82) is 0 Å². The number of anilines is 1. The van der Waals surface area contributed by atoms with Gasteiger partial charge in [-0.25, -0.2) is 0 Å². The minimum absolute atomic E-state index is 0.138. The average Bonchev–Trinajstić information content (AvgIpc) is 2.35. The SMILES string of the molecule is Cc1ccc(NC(=O)c2ccc(C)c(Br)c2)cn1. The van der Waals surface area contributed by atoms with Crippen LogP contribution in [0.2, 0.25) is 0 Å². The first kappa shape index (κ1) is 12.8. The van der Waals surface area contributed by atoms with E-state index >= 15 is 0 Å². The molecule has 0 bridgehead atoms. The lowest BCUT2D eigenvalue weighted by Gasteiger charge is -2.06. The first-order valence-electron chi connectivity index (χ1n) is 5.56. The fourth-order valence-electron chi connectivity index (χ4n) is 1.48. The van der Waals surface area contributed by atoms with E-state index in [-0.39, 0.29) is 5.91 Å². The van der Waals surface area contributed by atoms with E-state index in [0.717, 1.165) is 15.7 Å². The molecule has 2 rings (SSSR count). The Labute approximate surface area is 114 Å². The van der Waals surface area contributed by atoms with Gasteiger partial charge in [0.1, 0.15) is 0 Å². The van der Waals surface area contributed by atoms with Crippen LogP contribution in [0.1, 0.15) is 21.6 Å². The summed E-state index contributed by atoms with van der Waals surface area (Å²) in [6.45, 7) is 3.89. The molecule has 0 spiro atoms. The van der Waals surface area contributed by atoms with Crippen molar-refractivity contribution in [3.8, 4) is 0 Å². The zero-order valence-electron chi connectivity index (χ0n) is 10.2. The zero-order chi connectivity index (χ0) is 13.1. The van der Waals surface area contributed by atoms with E-state index in [1.165, 1.54) is 0 Å². The Morgan fingerprint density at radius 1 is 1.22 bits per heavy atom. The van der Waals surface area contributed by atoms with Crippen molar-refractivity contribution in [3.63, 3.8) is 0 Å². The van der Waals surface area contributed by atoms with Crippen LogP contribution in [0.3, 0.4) is 0 Å². The molecule has 4 heteroatoms. The number of rotatable bonds is 2. The lowest BCUT2D eigenvalue weighted by Crippen LogP contribution is -2.12. The van der Waals surface area contributed by atoms with E-state index < -0.39 is 0 Å². The Hall–Kier alpha value is -1.68. The largest absolute Gasteiger partial charge is 0.321 e. The maximum atomic E-state index is 12.0.